The van der Waals surface area contributed by atoms with E-state index < -0.39 is 5.91 Å². The number of hydrogen-bond donors (Lipinski definition) is 1. The molecule has 27 heavy (non-hydrogen) atoms. The second kappa shape index (κ2) is 9.83. The SMILES string of the molecule is C=CCOc1cc(OC)ccc1/C=C(\C#N)C(=O)Nc1ccc(CC)cc1. The van der Waals surface area contributed by atoms with Crippen molar-refractivity contribution < 1.29 is 14.3 Å². The first kappa shape index (κ1) is 19.8. The summed E-state index contributed by atoms with van der Waals surface area (Å²) in [6, 6.07) is 14.6. The van der Waals surface area contributed by atoms with Crippen molar-refractivity contribution in [1.82, 2.24) is 0 Å². The highest BCUT2D eigenvalue weighted by atomic mass is 16.5. The number of aryl methyl sites for hydroxylation is 1. The van der Waals surface area contributed by atoms with Gasteiger partial charge in [0.2, 0.25) is 0 Å². The molecule has 138 valence electrons. The summed E-state index contributed by atoms with van der Waals surface area (Å²) in [5.41, 5.74) is 2.39. The number of hydrogen-bond acceptors (Lipinski definition) is 4. The highest BCUT2D eigenvalue weighted by molar-refractivity contribution is 6.09. The van der Waals surface area contributed by atoms with Crippen LogP contribution in [0.15, 0.2) is 60.7 Å². The molecule has 2 aromatic rings. The third-order valence-electron chi connectivity index (χ3n) is 3.86. The third-order valence-corrected chi connectivity index (χ3v) is 3.86. The monoisotopic (exact) mass is 362 g/mol. The highest BCUT2D eigenvalue weighted by Gasteiger charge is 2.12. The first-order valence-corrected chi connectivity index (χ1v) is 8.55. The summed E-state index contributed by atoms with van der Waals surface area (Å²) in [6.45, 7) is 5.98. The lowest BCUT2D eigenvalue weighted by Gasteiger charge is -2.10. The van der Waals surface area contributed by atoms with Gasteiger partial charge < -0.3 is 14.8 Å². The molecule has 0 aromatic heterocycles. The van der Waals surface area contributed by atoms with Gasteiger partial charge in [-0.3, -0.25) is 4.79 Å². The van der Waals surface area contributed by atoms with Crippen molar-refractivity contribution >= 4 is 17.7 Å². The van der Waals surface area contributed by atoms with Crippen molar-refractivity contribution in [2.45, 2.75) is 13.3 Å². The van der Waals surface area contributed by atoms with E-state index in [1.54, 1.807) is 31.4 Å². The van der Waals surface area contributed by atoms with Crippen LogP contribution in [-0.2, 0) is 11.2 Å². The normalized spacial score (nSPS) is 10.6. The van der Waals surface area contributed by atoms with E-state index >= 15 is 0 Å². The molecule has 1 N–H and O–H groups in total. The topological polar surface area (TPSA) is 71.3 Å². The Morgan fingerprint density at radius 1 is 1.26 bits per heavy atom. The maximum Gasteiger partial charge on any atom is 0.266 e. The molecule has 0 spiro atoms. The molecule has 2 rings (SSSR count). The van der Waals surface area contributed by atoms with Crippen molar-refractivity contribution in [2.24, 2.45) is 0 Å². The minimum Gasteiger partial charge on any atom is -0.497 e. The minimum atomic E-state index is -0.479. The van der Waals surface area contributed by atoms with Crippen LogP contribution in [0, 0.1) is 11.3 Å². The first-order valence-electron chi connectivity index (χ1n) is 8.55. The van der Waals surface area contributed by atoms with Crippen molar-refractivity contribution in [3.8, 4) is 17.6 Å². The van der Waals surface area contributed by atoms with Crippen LogP contribution in [0.1, 0.15) is 18.1 Å². The second-order valence-corrected chi connectivity index (χ2v) is 5.68. The molecular weight excluding hydrogens is 340 g/mol. The predicted octanol–water partition coefficient (Wildman–Crippen LogP) is 4.37. The lowest BCUT2D eigenvalue weighted by atomic mass is 10.1. The Hall–Kier alpha value is -3.52. The van der Waals surface area contributed by atoms with Gasteiger partial charge in [0.05, 0.1) is 7.11 Å². The molecule has 0 radical (unpaired) electrons. The number of benzene rings is 2. The lowest BCUT2D eigenvalue weighted by Crippen LogP contribution is -2.13. The molecule has 0 saturated carbocycles. The number of amides is 1. The van der Waals surface area contributed by atoms with Crippen LogP contribution in [0.3, 0.4) is 0 Å². The van der Waals surface area contributed by atoms with Gasteiger partial charge in [0.15, 0.2) is 0 Å². The maximum atomic E-state index is 12.5. The summed E-state index contributed by atoms with van der Waals surface area (Å²) in [7, 11) is 1.56. The smallest absolute Gasteiger partial charge is 0.266 e. The van der Waals surface area contributed by atoms with Crippen LogP contribution in [0.25, 0.3) is 6.08 Å². The third kappa shape index (κ3) is 5.48. The zero-order valence-corrected chi connectivity index (χ0v) is 15.5. The van der Waals surface area contributed by atoms with Crippen molar-refractivity contribution in [3.63, 3.8) is 0 Å². The van der Waals surface area contributed by atoms with Crippen molar-refractivity contribution in [3.05, 3.63) is 71.8 Å². The molecule has 0 atom stereocenters. The van der Waals surface area contributed by atoms with Gasteiger partial charge in [0.25, 0.3) is 5.91 Å². The van der Waals surface area contributed by atoms with Crippen LogP contribution in [0.4, 0.5) is 5.69 Å². The molecule has 2 aromatic carbocycles. The molecule has 0 aliphatic carbocycles. The van der Waals surface area contributed by atoms with E-state index in [0.717, 1.165) is 6.42 Å². The van der Waals surface area contributed by atoms with Crippen molar-refractivity contribution in [2.75, 3.05) is 19.0 Å². The second-order valence-electron chi connectivity index (χ2n) is 5.68. The van der Waals surface area contributed by atoms with E-state index in [2.05, 4.69) is 18.8 Å². The molecule has 0 bridgehead atoms. The summed E-state index contributed by atoms with van der Waals surface area (Å²) in [6.07, 6.45) is 4.03. The molecule has 0 saturated heterocycles. The van der Waals surface area contributed by atoms with E-state index in [0.29, 0.717) is 29.4 Å². The zero-order valence-electron chi connectivity index (χ0n) is 15.5. The Kier molecular flexibility index (Phi) is 7.21. The summed E-state index contributed by atoms with van der Waals surface area (Å²) in [5.74, 6) is 0.638. The number of nitrogens with one attached hydrogen (secondary N) is 1. The van der Waals surface area contributed by atoms with Crippen LogP contribution < -0.4 is 14.8 Å². The van der Waals surface area contributed by atoms with Crippen molar-refractivity contribution in [1.29, 1.82) is 5.26 Å². The number of methoxy groups -OCH3 is 1. The van der Waals surface area contributed by atoms with Gasteiger partial charge in [-0.05, 0) is 42.3 Å². The van der Waals surface area contributed by atoms with E-state index in [1.165, 1.54) is 11.6 Å². The summed E-state index contributed by atoms with van der Waals surface area (Å²) in [5, 5.41) is 12.2. The number of carbonyl (C=O) groups is 1. The zero-order chi connectivity index (χ0) is 19.6. The fourth-order valence-corrected chi connectivity index (χ4v) is 2.36. The molecule has 0 aliphatic rings. The molecule has 5 heteroatoms. The van der Waals surface area contributed by atoms with Gasteiger partial charge >= 0.3 is 0 Å². The summed E-state index contributed by atoms with van der Waals surface area (Å²) >= 11 is 0. The number of rotatable bonds is 8. The lowest BCUT2D eigenvalue weighted by molar-refractivity contribution is -0.112. The number of carbonyl (C=O) groups excluding carboxylic acids is 1. The van der Waals surface area contributed by atoms with E-state index in [9.17, 15) is 10.1 Å². The Balaban J connectivity index is 2.26. The first-order chi connectivity index (χ1) is 13.1. The standard InChI is InChI=1S/C22H22N2O3/c1-4-12-27-21-14-20(26-3)11-8-17(21)13-18(15-23)22(25)24-19-9-6-16(5-2)7-10-19/h4,6-11,13-14H,1,5,12H2,2-3H3,(H,24,25)/b18-13+. The van der Waals surface area contributed by atoms with Crippen LogP contribution in [-0.4, -0.2) is 19.6 Å². The molecular formula is C22H22N2O3. The van der Waals surface area contributed by atoms with Gasteiger partial charge in [0.1, 0.15) is 29.7 Å². The molecule has 0 aliphatic heterocycles. The number of nitrogens with zero attached hydrogens (tertiary/aromatic N) is 1. The Bertz CT molecular complexity index is 877. The van der Waals surface area contributed by atoms with E-state index in [1.807, 2.05) is 30.3 Å². The maximum absolute atomic E-state index is 12.5. The molecule has 0 heterocycles. The number of anilines is 1. The largest absolute Gasteiger partial charge is 0.497 e. The van der Waals surface area contributed by atoms with Gasteiger partial charge in [-0.1, -0.05) is 31.7 Å². The minimum absolute atomic E-state index is 0.0248. The summed E-state index contributed by atoms with van der Waals surface area (Å²) < 4.78 is 10.8. The molecule has 1 amide bonds. The Labute approximate surface area is 159 Å². The fraction of sp³-hybridized carbons (Fsp3) is 0.182. The highest BCUT2D eigenvalue weighted by Crippen LogP contribution is 2.27. The van der Waals surface area contributed by atoms with E-state index in [4.69, 9.17) is 9.47 Å². The summed E-state index contributed by atoms with van der Waals surface area (Å²) in [4.78, 5) is 12.5. The Morgan fingerprint density at radius 2 is 2.00 bits per heavy atom. The van der Waals surface area contributed by atoms with Gasteiger partial charge in [0, 0.05) is 17.3 Å². The van der Waals surface area contributed by atoms with Gasteiger partial charge in [-0.25, -0.2) is 0 Å². The quantitative estimate of drug-likeness (QED) is 0.430. The van der Waals surface area contributed by atoms with Crippen LogP contribution in [0.2, 0.25) is 0 Å². The van der Waals surface area contributed by atoms with Crippen LogP contribution >= 0.6 is 0 Å². The fourth-order valence-electron chi connectivity index (χ4n) is 2.36. The average molecular weight is 362 g/mol. The predicted molar refractivity (Wildman–Crippen MR) is 107 cm³/mol. The number of ether oxygens (including phenoxy) is 2. The average Bonchev–Trinajstić information content (AvgIpc) is 2.71. The molecule has 5 nitrogen and oxygen atoms in total. The number of nitriles is 1. The van der Waals surface area contributed by atoms with Gasteiger partial charge in [-0.2, -0.15) is 5.26 Å². The molecule has 0 fully saturated rings. The molecule has 0 unspecified atom stereocenters. The van der Waals surface area contributed by atoms with Gasteiger partial charge in [-0.15, -0.1) is 0 Å². The Morgan fingerprint density at radius 3 is 2.59 bits per heavy atom. The van der Waals surface area contributed by atoms with Crippen LogP contribution in [0.5, 0.6) is 11.5 Å². The van der Waals surface area contributed by atoms with E-state index in [-0.39, 0.29) is 5.57 Å².